The van der Waals surface area contributed by atoms with Crippen LogP contribution in [0.4, 0.5) is 4.39 Å². The Labute approximate surface area is 170 Å². The Morgan fingerprint density at radius 2 is 1.56 bits per heavy atom. The van der Waals surface area contributed by atoms with Gasteiger partial charge < -0.3 is 10.1 Å². The molecule has 0 aromatic heterocycles. The van der Waals surface area contributed by atoms with Gasteiger partial charge in [0.05, 0.1) is 0 Å². The van der Waals surface area contributed by atoms with E-state index in [9.17, 15) is 4.39 Å². The zero-order valence-corrected chi connectivity index (χ0v) is 16.4. The summed E-state index contributed by atoms with van der Waals surface area (Å²) in [6.45, 7) is 2.09. The van der Waals surface area contributed by atoms with Gasteiger partial charge in [-0.3, -0.25) is 0 Å². The van der Waals surface area contributed by atoms with E-state index in [-0.39, 0.29) is 18.2 Å². The van der Waals surface area contributed by atoms with Crippen LogP contribution in [0.1, 0.15) is 16.7 Å². The molecule has 27 heavy (non-hydrogen) atoms. The highest BCUT2D eigenvalue weighted by Gasteiger charge is 2.00. The number of nitrogens with one attached hydrogen (secondary N) is 1. The summed E-state index contributed by atoms with van der Waals surface area (Å²) in [7, 11) is 0. The van der Waals surface area contributed by atoms with Gasteiger partial charge in [0.15, 0.2) is 0 Å². The highest BCUT2D eigenvalue weighted by molar-refractivity contribution is 6.30. The van der Waals surface area contributed by atoms with Crippen LogP contribution in [0.3, 0.4) is 0 Å². The maximum atomic E-state index is 12.9. The van der Waals surface area contributed by atoms with E-state index < -0.39 is 0 Å². The van der Waals surface area contributed by atoms with Crippen molar-refractivity contribution in [3.8, 4) is 5.75 Å². The number of rotatable bonds is 8. The van der Waals surface area contributed by atoms with Crippen molar-refractivity contribution < 1.29 is 9.13 Å². The molecule has 0 aliphatic rings. The normalized spacial score (nSPS) is 10.3. The first kappa shape index (κ1) is 21.2. The lowest BCUT2D eigenvalue weighted by Gasteiger charge is -2.09. The molecule has 3 aromatic rings. The maximum Gasteiger partial charge on any atom is 0.123 e. The van der Waals surface area contributed by atoms with Crippen molar-refractivity contribution in [1.82, 2.24) is 5.32 Å². The largest absolute Gasteiger partial charge is 0.489 e. The minimum Gasteiger partial charge on any atom is -0.489 e. The zero-order chi connectivity index (χ0) is 18.2. The monoisotopic (exact) mass is 405 g/mol. The van der Waals surface area contributed by atoms with E-state index in [1.807, 2.05) is 42.5 Å². The van der Waals surface area contributed by atoms with Crippen molar-refractivity contribution in [1.29, 1.82) is 0 Å². The third-order valence-corrected chi connectivity index (χ3v) is 4.30. The lowest BCUT2D eigenvalue weighted by Crippen LogP contribution is -2.16. The molecule has 3 aromatic carbocycles. The van der Waals surface area contributed by atoms with E-state index in [4.69, 9.17) is 16.3 Å². The van der Waals surface area contributed by atoms with Crippen LogP contribution in [0.15, 0.2) is 72.8 Å². The van der Waals surface area contributed by atoms with Crippen LogP contribution >= 0.6 is 24.0 Å². The second kappa shape index (κ2) is 10.9. The summed E-state index contributed by atoms with van der Waals surface area (Å²) >= 11 is 5.90. The molecule has 0 saturated heterocycles. The van der Waals surface area contributed by atoms with Crippen molar-refractivity contribution >= 4 is 24.0 Å². The molecule has 1 N–H and O–H groups in total. The van der Waals surface area contributed by atoms with Crippen molar-refractivity contribution in [3.05, 3.63) is 100 Å². The first-order valence-electron chi connectivity index (χ1n) is 8.60. The number of ether oxygens (including phenoxy) is 1. The van der Waals surface area contributed by atoms with Crippen molar-refractivity contribution in [2.24, 2.45) is 0 Å². The third-order valence-electron chi connectivity index (χ3n) is 4.05. The van der Waals surface area contributed by atoms with Crippen LogP contribution < -0.4 is 10.1 Å². The number of hydrogen-bond donors (Lipinski definition) is 1. The van der Waals surface area contributed by atoms with Gasteiger partial charge in [-0.25, -0.2) is 4.39 Å². The van der Waals surface area contributed by atoms with Crippen molar-refractivity contribution in [3.63, 3.8) is 0 Å². The molecule has 0 radical (unpaired) electrons. The molecule has 2 nitrogen and oxygen atoms in total. The van der Waals surface area contributed by atoms with Gasteiger partial charge in [0, 0.05) is 11.6 Å². The summed E-state index contributed by atoms with van der Waals surface area (Å²) in [6, 6.07) is 22.3. The van der Waals surface area contributed by atoms with E-state index >= 15 is 0 Å². The number of halogens is 3. The Hall–Kier alpha value is -2.07. The molecule has 0 unspecified atom stereocenters. The van der Waals surface area contributed by atoms with Gasteiger partial charge in [0.2, 0.25) is 0 Å². The maximum absolute atomic E-state index is 12.9. The fraction of sp³-hybridized carbons (Fsp3) is 0.182. The van der Waals surface area contributed by atoms with Crippen LogP contribution in [0.2, 0.25) is 5.02 Å². The average molecular weight is 406 g/mol. The molecule has 0 amide bonds. The standard InChI is InChI=1S/C22H21ClFNO.ClH/c23-20-8-4-17(5-9-20)12-13-25-15-19-2-1-3-22(14-19)26-16-18-6-10-21(24)11-7-18;/h1-11,14,25H,12-13,15-16H2;1H. The summed E-state index contributed by atoms with van der Waals surface area (Å²) in [5.41, 5.74) is 3.37. The summed E-state index contributed by atoms with van der Waals surface area (Å²) in [4.78, 5) is 0. The van der Waals surface area contributed by atoms with Gasteiger partial charge in [-0.2, -0.15) is 0 Å². The Kier molecular flexibility index (Phi) is 8.59. The van der Waals surface area contributed by atoms with E-state index in [0.29, 0.717) is 6.61 Å². The van der Waals surface area contributed by atoms with E-state index in [1.165, 1.54) is 17.7 Å². The summed E-state index contributed by atoms with van der Waals surface area (Å²) < 4.78 is 18.7. The Balaban J connectivity index is 0.00000261. The van der Waals surface area contributed by atoms with Crippen LogP contribution in [0.5, 0.6) is 5.75 Å². The Morgan fingerprint density at radius 1 is 0.852 bits per heavy atom. The van der Waals surface area contributed by atoms with Gasteiger partial charge in [0.1, 0.15) is 18.2 Å². The van der Waals surface area contributed by atoms with Gasteiger partial charge in [-0.05, 0) is 66.1 Å². The molecule has 0 spiro atoms. The van der Waals surface area contributed by atoms with Gasteiger partial charge in [-0.15, -0.1) is 12.4 Å². The van der Waals surface area contributed by atoms with Crippen LogP contribution in [-0.4, -0.2) is 6.54 Å². The van der Waals surface area contributed by atoms with Crippen LogP contribution in [-0.2, 0) is 19.6 Å². The Morgan fingerprint density at radius 3 is 2.30 bits per heavy atom. The number of benzene rings is 3. The van der Waals surface area contributed by atoms with E-state index in [2.05, 4.69) is 11.4 Å². The Bertz CT molecular complexity index is 822. The molecule has 0 atom stereocenters. The summed E-state index contributed by atoms with van der Waals surface area (Å²) in [5, 5.41) is 4.20. The lowest BCUT2D eigenvalue weighted by atomic mass is 10.1. The van der Waals surface area contributed by atoms with Crippen LogP contribution in [0, 0.1) is 5.82 Å². The van der Waals surface area contributed by atoms with Crippen molar-refractivity contribution in [2.45, 2.75) is 19.6 Å². The fourth-order valence-corrected chi connectivity index (χ4v) is 2.74. The lowest BCUT2D eigenvalue weighted by molar-refractivity contribution is 0.305. The predicted octanol–water partition coefficient (Wildman–Crippen LogP) is 5.81. The van der Waals surface area contributed by atoms with Crippen molar-refractivity contribution in [2.75, 3.05) is 6.54 Å². The SMILES string of the molecule is Cl.Fc1ccc(COc2cccc(CNCCc3ccc(Cl)cc3)c2)cc1. The molecule has 0 heterocycles. The first-order chi connectivity index (χ1) is 12.7. The number of hydrogen-bond acceptors (Lipinski definition) is 2. The molecule has 0 fully saturated rings. The molecule has 0 bridgehead atoms. The van der Waals surface area contributed by atoms with E-state index in [0.717, 1.165) is 41.4 Å². The van der Waals surface area contributed by atoms with Gasteiger partial charge in [0.25, 0.3) is 0 Å². The molecule has 0 aliphatic carbocycles. The molecule has 142 valence electrons. The molecular weight excluding hydrogens is 384 g/mol. The van der Waals surface area contributed by atoms with E-state index in [1.54, 1.807) is 12.1 Å². The quantitative estimate of drug-likeness (QED) is 0.477. The summed E-state index contributed by atoms with van der Waals surface area (Å²) in [5.74, 6) is 0.576. The summed E-state index contributed by atoms with van der Waals surface area (Å²) in [6.07, 6.45) is 0.956. The topological polar surface area (TPSA) is 21.3 Å². The second-order valence-corrected chi connectivity index (χ2v) is 6.55. The highest BCUT2D eigenvalue weighted by atomic mass is 35.5. The predicted molar refractivity (Wildman–Crippen MR) is 111 cm³/mol. The third kappa shape index (κ3) is 7.22. The highest BCUT2D eigenvalue weighted by Crippen LogP contribution is 2.16. The van der Waals surface area contributed by atoms with Gasteiger partial charge in [-0.1, -0.05) is 48.0 Å². The smallest absolute Gasteiger partial charge is 0.123 e. The second-order valence-electron chi connectivity index (χ2n) is 6.12. The molecule has 3 rings (SSSR count). The minimum atomic E-state index is -0.236. The van der Waals surface area contributed by atoms with Crippen LogP contribution in [0.25, 0.3) is 0 Å². The minimum absolute atomic E-state index is 0. The van der Waals surface area contributed by atoms with Gasteiger partial charge >= 0.3 is 0 Å². The average Bonchev–Trinajstić information content (AvgIpc) is 2.67. The molecule has 0 saturated carbocycles. The molecular formula is C22H22Cl2FNO. The fourth-order valence-electron chi connectivity index (χ4n) is 2.61. The zero-order valence-electron chi connectivity index (χ0n) is 14.8. The molecule has 0 aliphatic heterocycles. The first-order valence-corrected chi connectivity index (χ1v) is 8.98. The molecule has 5 heteroatoms.